The SMILES string of the molecule is CCN1CCN(c2ccc(C(=O)N[C@H](C(=O)N3C[C@@H](C(C)C)[C@H]4OCC(=O)[C@H]43)C3CCCC3)cc2)CC1. The standard InChI is InChI=1S/C29H42N4O4/c1-4-31-13-15-32(16-14-31)22-11-9-21(10-12-22)28(35)30-25(20-7-5-6-8-20)29(36)33-17-23(19(2)3)27-26(33)24(34)18-37-27/h9-12,19-20,23,25-27H,4-8,13-18H2,1-3H3,(H,30,35)/t23-,25-,26+,27+/m0/s1. The van der Waals surface area contributed by atoms with E-state index in [1.165, 1.54) is 0 Å². The summed E-state index contributed by atoms with van der Waals surface area (Å²) in [6, 6.07) is 6.61. The molecule has 0 radical (unpaired) electrons. The molecule has 0 spiro atoms. The van der Waals surface area contributed by atoms with E-state index in [4.69, 9.17) is 4.74 Å². The highest BCUT2D eigenvalue weighted by Gasteiger charge is 2.54. The van der Waals surface area contributed by atoms with Gasteiger partial charge in [0.1, 0.15) is 18.7 Å². The average Bonchev–Trinajstić information content (AvgIpc) is 3.66. The molecule has 4 fully saturated rings. The topological polar surface area (TPSA) is 82.2 Å². The van der Waals surface area contributed by atoms with Crippen LogP contribution in [0.3, 0.4) is 0 Å². The zero-order valence-corrected chi connectivity index (χ0v) is 22.5. The fraction of sp³-hybridized carbons (Fsp3) is 0.690. The number of fused-ring (bicyclic) bond motifs is 1. The van der Waals surface area contributed by atoms with Gasteiger partial charge in [-0.15, -0.1) is 0 Å². The molecule has 3 heterocycles. The van der Waals surface area contributed by atoms with Crippen molar-refractivity contribution in [3.05, 3.63) is 29.8 Å². The Balaban J connectivity index is 1.29. The number of Topliss-reactive ketones (excluding diaryl/α,β-unsaturated/α-hetero) is 1. The number of hydrogen-bond acceptors (Lipinski definition) is 6. The smallest absolute Gasteiger partial charge is 0.251 e. The van der Waals surface area contributed by atoms with Gasteiger partial charge >= 0.3 is 0 Å². The molecule has 5 rings (SSSR count). The molecule has 0 bridgehead atoms. The Hall–Kier alpha value is -2.45. The first kappa shape index (κ1) is 26.2. The van der Waals surface area contributed by atoms with Gasteiger partial charge in [0.15, 0.2) is 5.78 Å². The molecule has 0 unspecified atom stereocenters. The lowest BCUT2D eigenvalue weighted by Crippen LogP contribution is -2.54. The first-order valence-electron chi connectivity index (χ1n) is 14.2. The van der Waals surface area contributed by atoms with Gasteiger partial charge in [-0.2, -0.15) is 0 Å². The van der Waals surface area contributed by atoms with Crippen LogP contribution >= 0.6 is 0 Å². The molecule has 37 heavy (non-hydrogen) atoms. The number of ketones is 1. The number of carbonyl (C=O) groups is 3. The van der Waals surface area contributed by atoms with E-state index in [0.717, 1.165) is 64.1 Å². The van der Waals surface area contributed by atoms with E-state index >= 15 is 0 Å². The van der Waals surface area contributed by atoms with Crippen LogP contribution in [-0.4, -0.2) is 91.5 Å². The number of hydrogen-bond donors (Lipinski definition) is 1. The monoisotopic (exact) mass is 510 g/mol. The minimum absolute atomic E-state index is 0.0200. The molecule has 3 aliphatic heterocycles. The van der Waals surface area contributed by atoms with Crippen molar-refractivity contribution in [3.8, 4) is 0 Å². The highest BCUT2D eigenvalue weighted by molar-refractivity contribution is 5.99. The third kappa shape index (κ3) is 5.28. The van der Waals surface area contributed by atoms with Crippen LogP contribution in [0.4, 0.5) is 5.69 Å². The number of likely N-dealkylation sites (tertiary alicyclic amines) is 1. The summed E-state index contributed by atoms with van der Waals surface area (Å²) in [6.07, 6.45) is 3.72. The Kier molecular flexibility index (Phi) is 7.86. The number of ether oxygens (including phenoxy) is 1. The molecule has 1 saturated carbocycles. The number of anilines is 1. The third-order valence-corrected chi connectivity index (χ3v) is 9.10. The number of carbonyl (C=O) groups excluding carboxylic acids is 3. The lowest BCUT2D eigenvalue weighted by Gasteiger charge is -2.35. The summed E-state index contributed by atoms with van der Waals surface area (Å²) in [5.41, 5.74) is 1.68. The van der Waals surface area contributed by atoms with Gasteiger partial charge in [-0.25, -0.2) is 0 Å². The van der Waals surface area contributed by atoms with Crippen molar-refractivity contribution < 1.29 is 19.1 Å². The van der Waals surface area contributed by atoms with Gasteiger partial charge in [0.25, 0.3) is 5.91 Å². The third-order valence-electron chi connectivity index (χ3n) is 9.10. The van der Waals surface area contributed by atoms with Gasteiger partial charge in [-0.1, -0.05) is 33.6 Å². The minimum Gasteiger partial charge on any atom is -0.369 e. The van der Waals surface area contributed by atoms with Crippen molar-refractivity contribution in [3.63, 3.8) is 0 Å². The van der Waals surface area contributed by atoms with Crippen LogP contribution in [0.25, 0.3) is 0 Å². The number of piperazine rings is 1. The second kappa shape index (κ2) is 11.1. The summed E-state index contributed by atoms with van der Waals surface area (Å²) in [5.74, 6) is 0.166. The second-order valence-electron chi connectivity index (χ2n) is 11.5. The fourth-order valence-electron chi connectivity index (χ4n) is 6.73. The summed E-state index contributed by atoms with van der Waals surface area (Å²) in [4.78, 5) is 46.6. The molecule has 8 nitrogen and oxygen atoms in total. The Morgan fingerprint density at radius 2 is 1.73 bits per heavy atom. The predicted molar refractivity (Wildman–Crippen MR) is 143 cm³/mol. The Morgan fingerprint density at radius 1 is 1.05 bits per heavy atom. The van der Waals surface area contributed by atoms with Crippen LogP contribution in [-0.2, 0) is 14.3 Å². The number of benzene rings is 1. The molecule has 4 aliphatic rings. The Morgan fingerprint density at radius 3 is 2.35 bits per heavy atom. The summed E-state index contributed by atoms with van der Waals surface area (Å²) < 4.78 is 5.84. The Labute approximate surface area is 220 Å². The number of likely N-dealkylation sites (N-methyl/N-ethyl adjacent to an activating group) is 1. The van der Waals surface area contributed by atoms with Crippen LogP contribution in [0.2, 0.25) is 0 Å². The highest BCUT2D eigenvalue weighted by atomic mass is 16.5. The zero-order valence-electron chi connectivity index (χ0n) is 22.5. The molecule has 202 valence electrons. The Bertz CT molecular complexity index is 982. The number of nitrogens with zero attached hydrogens (tertiary/aromatic N) is 3. The van der Waals surface area contributed by atoms with E-state index < -0.39 is 12.1 Å². The normalized spacial score (nSPS) is 27.7. The van der Waals surface area contributed by atoms with Crippen LogP contribution in [0.1, 0.15) is 56.8 Å². The molecule has 4 atom stereocenters. The maximum absolute atomic E-state index is 14.0. The van der Waals surface area contributed by atoms with Crippen molar-refractivity contribution in [2.75, 3.05) is 50.8 Å². The quantitative estimate of drug-likeness (QED) is 0.607. The van der Waals surface area contributed by atoms with Crippen LogP contribution in [0, 0.1) is 17.8 Å². The van der Waals surface area contributed by atoms with Crippen molar-refractivity contribution in [2.45, 2.75) is 64.6 Å². The molecule has 2 amide bonds. The predicted octanol–water partition coefficient (Wildman–Crippen LogP) is 2.57. The first-order valence-corrected chi connectivity index (χ1v) is 14.2. The van der Waals surface area contributed by atoms with Crippen molar-refractivity contribution in [1.29, 1.82) is 0 Å². The number of rotatable bonds is 7. The van der Waals surface area contributed by atoms with Crippen molar-refractivity contribution in [2.24, 2.45) is 17.8 Å². The number of amides is 2. The summed E-state index contributed by atoms with van der Waals surface area (Å²) in [7, 11) is 0. The first-order chi connectivity index (χ1) is 17.9. The van der Waals surface area contributed by atoms with Crippen molar-refractivity contribution in [1.82, 2.24) is 15.1 Å². The van der Waals surface area contributed by atoms with E-state index in [-0.39, 0.29) is 42.1 Å². The van der Waals surface area contributed by atoms with E-state index in [0.29, 0.717) is 18.0 Å². The zero-order chi connectivity index (χ0) is 26.1. The summed E-state index contributed by atoms with van der Waals surface area (Å²) >= 11 is 0. The van der Waals surface area contributed by atoms with Crippen LogP contribution in [0.15, 0.2) is 24.3 Å². The fourth-order valence-corrected chi connectivity index (χ4v) is 6.73. The highest BCUT2D eigenvalue weighted by Crippen LogP contribution is 2.38. The van der Waals surface area contributed by atoms with Gasteiger partial charge < -0.3 is 24.8 Å². The maximum atomic E-state index is 14.0. The molecule has 8 heteroatoms. The molecule has 1 aliphatic carbocycles. The minimum atomic E-state index is -0.614. The van der Waals surface area contributed by atoms with Crippen molar-refractivity contribution >= 4 is 23.3 Å². The van der Waals surface area contributed by atoms with Gasteiger partial charge in [0, 0.05) is 49.9 Å². The summed E-state index contributed by atoms with van der Waals surface area (Å²) in [6.45, 7) is 12.1. The molecule has 1 aromatic carbocycles. The van der Waals surface area contributed by atoms with Crippen LogP contribution in [0.5, 0.6) is 0 Å². The molecule has 3 saturated heterocycles. The lowest BCUT2D eigenvalue weighted by molar-refractivity contribution is -0.139. The lowest BCUT2D eigenvalue weighted by atomic mass is 9.91. The molecule has 0 aromatic heterocycles. The number of nitrogens with one attached hydrogen (secondary N) is 1. The van der Waals surface area contributed by atoms with Gasteiger partial charge in [-0.3, -0.25) is 14.4 Å². The van der Waals surface area contributed by atoms with Gasteiger partial charge in [-0.05, 0) is 55.5 Å². The largest absolute Gasteiger partial charge is 0.369 e. The molecule has 1 aromatic rings. The average molecular weight is 511 g/mol. The maximum Gasteiger partial charge on any atom is 0.251 e. The molecular weight excluding hydrogens is 468 g/mol. The van der Waals surface area contributed by atoms with E-state index in [2.05, 4.69) is 35.9 Å². The molecular formula is C29H42N4O4. The van der Waals surface area contributed by atoms with Gasteiger partial charge in [0.2, 0.25) is 5.91 Å². The van der Waals surface area contributed by atoms with Gasteiger partial charge in [0.05, 0.1) is 6.10 Å². The molecule has 1 N–H and O–H groups in total. The van der Waals surface area contributed by atoms with E-state index in [9.17, 15) is 14.4 Å². The second-order valence-corrected chi connectivity index (χ2v) is 11.5. The van der Waals surface area contributed by atoms with Crippen LogP contribution < -0.4 is 10.2 Å². The van der Waals surface area contributed by atoms with E-state index in [1.54, 1.807) is 4.90 Å². The van der Waals surface area contributed by atoms with E-state index in [1.807, 2.05) is 24.3 Å². The summed E-state index contributed by atoms with van der Waals surface area (Å²) in [5, 5.41) is 3.10.